The van der Waals surface area contributed by atoms with E-state index in [1.54, 1.807) is 24.3 Å². The van der Waals surface area contributed by atoms with Gasteiger partial charge in [0, 0.05) is 4.47 Å². The van der Waals surface area contributed by atoms with Crippen molar-refractivity contribution in [3.8, 4) is 0 Å². The van der Waals surface area contributed by atoms with E-state index >= 15 is 0 Å². The van der Waals surface area contributed by atoms with Gasteiger partial charge in [0.05, 0.1) is 0 Å². The van der Waals surface area contributed by atoms with Crippen LogP contribution in [0.4, 0.5) is 4.79 Å². The van der Waals surface area contributed by atoms with Crippen molar-refractivity contribution in [3.63, 3.8) is 0 Å². The van der Waals surface area contributed by atoms with Crippen molar-refractivity contribution in [1.29, 1.82) is 0 Å². The van der Waals surface area contributed by atoms with Gasteiger partial charge >= 0.3 is 12.1 Å². The average Bonchev–Trinajstić information content (AvgIpc) is 2.33. The number of carbonyl (C=O) groups excluding carboxylic acids is 1. The summed E-state index contributed by atoms with van der Waals surface area (Å²) in [5, 5.41) is 11.4. The minimum absolute atomic E-state index is 0.0245. The number of halogens is 1. The molecule has 0 aliphatic rings. The molecule has 18 heavy (non-hydrogen) atoms. The van der Waals surface area contributed by atoms with Gasteiger partial charge in [-0.25, -0.2) is 9.59 Å². The van der Waals surface area contributed by atoms with E-state index in [1.807, 2.05) is 0 Å². The minimum atomic E-state index is -1.16. The van der Waals surface area contributed by atoms with E-state index in [-0.39, 0.29) is 6.61 Å². The Morgan fingerprint density at radius 1 is 1.56 bits per heavy atom. The predicted octanol–water partition coefficient (Wildman–Crippen LogP) is 2.49. The van der Waals surface area contributed by atoms with Crippen molar-refractivity contribution in [2.75, 3.05) is 6.61 Å². The van der Waals surface area contributed by atoms with Gasteiger partial charge in [-0.1, -0.05) is 40.7 Å². The van der Waals surface area contributed by atoms with Crippen LogP contribution in [0.1, 0.15) is 11.6 Å². The molecule has 0 bridgehead atoms. The maximum absolute atomic E-state index is 11.3. The molecule has 0 heterocycles. The van der Waals surface area contributed by atoms with E-state index in [2.05, 4.69) is 32.6 Å². The van der Waals surface area contributed by atoms with Crippen molar-refractivity contribution < 1.29 is 19.4 Å². The van der Waals surface area contributed by atoms with Crippen molar-refractivity contribution in [3.05, 3.63) is 47.0 Å². The van der Waals surface area contributed by atoms with Gasteiger partial charge in [0.25, 0.3) is 0 Å². The lowest BCUT2D eigenvalue weighted by Gasteiger charge is -2.14. The van der Waals surface area contributed by atoms with E-state index in [0.717, 1.165) is 4.47 Å². The molecule has 0 radical (unpaired) electrons. The summed E-state index contributed by atoms with van der Waals surface area (Å²) in [6.07, 6.45) is 0.594. The molecule has 1 rings (SSSR count). The monoisotopic (exact) mass is 313 g/mol. The second kappa shape index (κ2) is 6.80. The van der Waals surface area contributed by atoms with Crippen LogP contribution in [0.15, 0.2) is 41.4 Å². The number of hydrogen-bond donors (Lipinski definition) is 2. The van der Waals surface area contributed by atoms with Gasteiger partial charge in [-0.3, -0.25) is 0 Å². The van der Waals surface area contributed by atoms with Gasteiger partial charge in [-0.15, -0.1) is 0 Å². The van der Waals surface area contributed by atoms with E-state index in [9.17, 15) is 9.59 Å². The highest BCUT2D eigenvalue weighted by atomic mass is 79.9. The largest absolute Gasteiger partial charge is 0.479 e. The number of nitrogens with one attached hydrogen (secondary N) is 1. The maximum Gasteiger partial charge on any atom is 0.408 e. The van der Waals surface area contributed by atoms with E-state index in [4.69, 9.17) is 5.11 Å². The smallest absolute Gasteiger partial charge is 0.408 e. The molecule has 0 aliphatic carbocycles. The highest BCUT2D eigenvalue weighted by Gasteiger charge is 2.22. The summed E-state index contributed by atoms with van der Waals surface area (Å²) in [4.78, 5) is 22.4. The molecule has 0 saturated carbocycles. The number of alkyl carbamates (subject to hydrolysis) is 1. The number of benzene rings is 1. The summed E-state index contributed by atoms with van der Waals surface area (Å²) in [6, 6.07) is 5.52. The first kappa shape index (κ1) is 14.2. The van der Waals surface area contributed by atoms with Crippen LogP contribution in [0.2, 0.25) is 0 Å². The van der Waals surface area contributed by atoms with E-state index in [0.29, 0.717) is 5.56 Å². The number of ether oxygens (including phenoxy) is 1. The molecule has 0 spiro atoms. The number of rotatable bonds is 5. The molecule has 0 saturated heterocycles. The number of aliphatic carboxylic acids is 1. The molecule has 0 aliphatic heterocycles. The SMILES string of the molecule is C=CCOC(=O)N[C@H](C(=O)O)c1cccc(Br)c1. The zero-order chi connectivity index (χ0) is 13.5. The van der Waals surface area contributed by atoms with Crippen molar-refractivity contribution >= 4 is 28.0 Å². The van der Waals surface area contributed by atoms with Gasteiger partial charge in [-0.05, 0) is 17.7 Å². The van der Waals surface area contributed by atoms with E-state index < -0.39 is 18.1 Å². The van der Waals surface area contributed by atoms with Crippen LogP contribution < -0.4 is 5.32 Å². The molecule has 6 heteroatoms. The molecule has 2 N–H and O–H groups in total. The third kappa shape index (κ3) is 4.21. The number of carboxylic acid groups (broad SMARTS) is 1. The van der Waals surface area contributed by atoms with Crippen molar-refractivity contribution in [1.82, 2.24) is 5.32 Å². The highest BCUT2D eigenvalue weighted by Crippen LogP contribution is 2.18. The molecule has 5 nitrogen and oxygen atoms in total. The molecule has 0 unspecified atom stereocenters. The summed E-state index contributed by atoms with van der Waals surface area (Å²) < 4.78 is 5.41. The molecule has 1 aromatic carbocycles. The Labute approximate surface area is 113 Å². The van der Waals surface area contributed by atoms with Gasteiger partial charge < -0.3 is 15.2 Å². The molecule has 0 fully saturated rings. The molecule has 1 aromatic rings. The topological polar surface area (TPSA) is 75.6 Å². The minimum Gasteiger partial charge on any atom is -0.479 e. The van der Waals surface area contributed by atoms with Gasteiger partial charge in [0.2, 0.25) is 0 Å². The Balaban J connectivity index is 2.80. The zero-order valence-electron chi connectivity index (χ0n) is 9.43. The number of carbonyl (C=O) groups is 2. The summed E-state index contributed by atoms with van der Waals surface area (Å²) >= 11 is 3.24. The van der Waals surface area contributed by atoms with Crippen molar-refractivity contribution in [2.24, 2.45) is 0 Å². The lowest BCUT2D eigenvalue weighted by molar-refractivity contribution is -0.139. The molecule has 1 amide bonds. The molecule has 0 aromatic heterocycles. The quantitative estimate of drug-likeness (QED) is 0.819. The Morgan fingerprint density at radius 2 is 2.28 bits per heavy atom. The Hall–Kier alpha value is -1.82. The predicted molar refractivity (Wildman–Crippen MR) is 69.2 cm³/mol. The third-order valence-corrected chi connectivity index (χ3v) is 2.52. The maximum atomic E-state index is 11.3. The number of carboxylic acids is 1. The normalized spacial score (nSPS) is 11.4. The first-order chi connectivity index (χ1) is 8.54. The zero-order valence-corrected chi connectivity index (χ0v) is 11.0. The molecule has 1 atom stereocenters. The third-order valence-electron chi connectivity index (χ3n) is 2.02. The molecular formula is C12H12BrNO4. The first-order valence-electron chi connectivity index (χ1n) is 5.07. The summed E-state index contributed by atoms with van der Waals surface area (Å²) in [6.45, 7) is 3.41. The summed E-state index contributed by atoms with van der Waals surface area (Å²) in [5.74, 6) is -1.16. The van der Waals surface area contributed by atoms with Gasteiger partial charge in [0.15, 0.2) is 6.04 Å². The van der Waals surface area contributed by atoms with Crippen LogP contribution in [-0.2, 0) is 9.53 Å². The van der Waals surface area contributed by atoms with Gasteiger partial charge in [-0.2, -0.15) is 0 Å². The second-order valence-electron chi connectivity index (χ2n) is 3.36. The Kier molecular flexibility index (Phi) is 5.38. The fraction of sp³-hybridized carbons (Fsp3) is 0.167. The van der Waals surface area contributed by atoms with Crippen LogP contribution in [-0.4, -0.2) is 23.8 Å². The van der Waals surface area contributed by atoms with Crippen LogP contribution in [0.5, 0.6) is 0 Å². The number of amides is 1. The molecular weight excluding hydrogens is 302 g/mol. The lowest BCUT2D eigenvalue weighted by atomic mass is 10.1. The highest BCUT2D eigenvalue weighted by molar-refractivity contribution is 9.10. The first-order valence-corrected chi connectivity index (χ1v) is 5.86. The fourth-order valence-electron chi connectivity index (χ4n) is 1.27. The van der Waals surface area contributed by atoms with Crippen LogP contribution >= 0.6 is 15.9 Å². The average molecular weight is 314 g/mol. The van der Waals surface area contributed by atoms with Gasteiger partial charge in [0.1, 0.15) is 6.61 Å². The Morgan fingerprint density at radius 3 is 2.83 bits per heavy atom. The van der Waals surface area contributed by atoms with Crippen LogP contribution in [0, 0.1) is 0 Å². The standard InChI is InChI=1S/C12H12BrNO4/c1-2-6-18-12(17)14-10(11(15)16)8-4-3-5-9(13)7-8/h2-5,7,10H,1,6H2,(H,14,17)(H,15,16)/t10-/m0/s1. The van der Waals surface area contributed by atoms with Crippen LogP contribution in [0.3, 0.4) is 0 Å². The summed E-state index contributed by atoms with van der Waals surface area (Å²) in [7, 11) is 0. The van der Waals surface area contributed by atoms with Crippen molar-refractivity contribution in [2.45, 2.75) is 6.04 Å². The Bertz CT molecular complexity index is 461. The lowest BCUT2D eigenvalue weighted by Crippen LogP contribution is -2.34. The number of hydrogen-bond acceptors (Lipinski definition) is 3. The van der Waals surface area contributed by atoms with Crippen LogP contribution in [0.25, 0.3) is 0 Å². The summed E-state index contributed by atoms with van der Waals surface area (Å²) in [5.41, 5.74) is 0.451. The van der Waals surface area contributed by atoms with E-state index in [1.165, 1.54) is 6.08 Å². The second-order valence-corrected chi connectivity index (χ2v) is 4.27. The fourth-order valence-corrected chi connectivity index (χ4v) is 1.68. The molecule has 96 valence electrons.